The molecule has 0 fully saturated rings. The van der Waals surface area contributed by atoms with E-state index in [2.05, 4.69) is 10.5 Å². The summed E-state index contributed by atoms with van der Waals surface area (Å²) in [7, 11) is 1.57. The first-order valence-electron chi connectivity index (χ1n) is 6.41. The third kappa shape index (κ3) is 3.69. The molecule has 0 saturated carbocycles. The van der Waals surface area contributed by atoms with Gasteiger partial charge < -0.3 is 9.84 Å². The van der Waals surface area contributed by atoms with Gasteiger partial charge in [-0.3, -0.25) is 4.79 Å². The molecule has 0 heterocycles. The van der Waals surface area contributed by atoms with Gasteiger partial charge in [0.25, 0.3) is 5.91 Å². The van der Waals surface area contributed by atoms with Crippen molar-refractivity contribution in [3.63, 3.8) is 0 Å². The summed E-state index contributed by atoms with van der Waals surface area (Å²) in [4.78, 5) is 23.0. The highest BCUT2D eigenvalue weighted by Crippen LogP contribution is 2.10. The van der Waals surface area contributed by atoms with Crippen molar-refractivity contribution < 1.29 is 19.4 Å². The second kappa shape index (κ2) is 7.03. The van der Waals surface area contributed by atoms with E-state index in [1.807, 2.05) is 0 Å². The Morgan fingerprint density at radius 2 is 1.73 bits per heavy atom. The molecule has 0 aliphatic rings. The zero-order valence-electron chi connectivity index (χ0n) is 11.8. The molecule has 0 aliphatic heterocycles. The summed E-state index contributed by atoms with van der Waals surface area (Å²) in [5.74, 6) is -1.02. The lowest BCUT2D eigenvalue weighted by atomic mass is 10.1. The Bertz CT molecular complexity index is 708. The van der Waals surface area contributed by atoms with E-state index in [1.165, 1.54) is 18.3 Å². The minimum atomic E-state index is -1.16. The van der Waals surface area contributed by atoms with Crippen LogP contribution in [0.15, 0.2) is 53.6 Å². The molecule has 0 aromatic heterocycles. The number of carboxylic acid groups (broad SMARTS) is 1. The van der Waals surface area contributed by atoms with Gasteiger partial charge in [0.1, 0.15) is 5.75 Å². The standard InChI is InChI=1S/C16H14N2O4/c1-22-12-8-6-11(7-9-12)10-17-18-15(19)13-4-2-3-5-14(13)16(20)21/h2-10H,1H3,(H,18,19)(H,20,21)/b17-10+. The van der Waals surface area contributed by atoms with Crippen LogP contribution in [-0.4, -0.2) is 30.3 Å². The van der Waals surface area contributed by atoms with E-state index >= 15 is 0 Å². The highest BCUT2D eigenvalue weighted by Gasteiger charge is 2.14. The molecular formula is C16H14N2O4. The molecular weight excluding hydrogens is 284 g/mol. The number of amides is 1. The number of hydrazone groups is 1. The number of benzene rings is 2. The Labute approximate surface area is 127 Å². The second-order valence-electron chi connectivity index (χ2n) is 4.32. The van der Waals surface area contributed by atoms with Gasteiger partial charge in [0.05, 0.1) is 24.5 Å². The summed E-state index contributed by atoms with van der Waals surface area (Å²) in [6.45, 7) is 0. The lowest BCUT2D eigenvalue weighted by molar-refractivity contribution is 0.0691. The van der Waals surface area contributed by atoms with Gasteiger partial charge in [0.2, 0.25) is 0 Å². The maximum Gasteiger partial charge on any atom is 0.336 e. The highest BCUT2D eigenvalue weighted by atomic mass is 16.5. The number of ether oxygens (including phenoxy) is 1. The van der Waals surface area contributed by atoms with Crippen LogP contribution in [0.3, 0.4) is 0 Å². The van der Waals surface area contributed by atoms with Crippen molar-refractivity contribution in [2.75, 3.05) is 7.11 Å². The fourth-order valence-electron chi connectivity index (χ4n) is 1.78. The molecule has 1 amide bonds. The Morgan fingerprint density at radius 3 is 2.32 bits per heavy atom. The molecule has 0 radical (unpaired) electrons. The zero-order valence-corrected chi connectivity index (χ0v) is 11.8. The molecule has 2 N–H and O–H groups in total. The van der Waals surface area contributed by atoms with Gasteiger partial charge in [-0.05, 0) is 42.0 Å². The fraction of sp³-hybridized carbons (Fsp3) is 0.0625. The molecule has 2 aromatic carbocycles. The van der Waals surface area contributed by atoms with Crippen LogP contribution < -0.4 is 10.2 Å². The van der Waals surface area contributed by atoms with Gasteiger partial charge in [-0.15, -0.1) is 0 Å². The number of rotatable bonds is 5. The number of methoxy groups -OCH3 is 1. The van der Waals surface area contributed by atoms with E-state index < -0.39 is 11.9 Å². The lowest BCUT2D eigenvalue weighted by Gasteiger charge is -2.03. The average Bonchev–Trinajstić information content (AvgIpc) is 2.55. The van der Waals surface area contributed by atoms with Crippen molar-refractivity contribution >= 4 is 18.1 Å². The summed E-state index contributed by atoms with van der Waals surface area (Å²) in [5.41, 5.74) is 3.07. The number of nitrogens with zero attached hydrogens (tertiary/aromatic N) is 1. The SMILES string of the molecule is COc1ccc(/C=N/NC(=O)c2ccccc2C(=O)O)cc1. The number of carbonyl (C=O) groups is 2. The Hall–Kier alpha value is -3.15. The molecule has 0 aliphatic carbocycles. The smallest absolute Gasteiger partial charge is 0.336 e. The lowest BCUT2D eigenvalue weighted by Crippen LogP contribution is -2.20. The van der Waals surface area contributed by atoms with Crippen LogP contribution in [-0.2, 0) is 0 Å². The topological polar surface area (TPSA) is 88.0 Å². The number of aromatic carboxylic acids is 1. The van der Waals surface area contributed by atoms with Gasteiger partial charge in [-0.25, -0.2) is 10.2 Å². The van der Waals surface area contributed by atoms with Gasteiger partial charge in [-0.2, -0.15) is 5.10 Å². The van der Waals surface area contributed by atoms with Crippen LogP contribution in [0.5, 0.6) is 5.75 Å². The van der Waals surface area contributed by atoms with Crippen LogP contribution in [0.1, 0.15) is 26.3 Å². The van der Waals surface area contributed by atoms with Gasteiger partial charge in [-0.1, -0.05) is 12.1 Å². The van der Waals surface area contributed by atoms with E-state index in [-0.39, 0.29) is 11.1 Å². The maximum atomic E-state index is 12.0. The van der Waals surface area contributed by atoms with Crippen molar-refractivity contribution in [1.29, 1.82) is 0 Å². The summed E-state index contributed by atoms with van der Waals surface area (Å²) in [6.07, 6.45) is 1.46. The molecule has 6 heteroatoms. The van der Waals surface area contributed by atoms with Crippen LogP contribution in [0.25, 0.3) is 0 Å². The van der Waals surface area contributed by atoms with E-state index in [1.54, 1.807) is 43.5 Å². The molecule has 6 nitrogen and oxygen atoms in total. The number of hydrogen-bond donors (Lipinski definition) is 2. The second-order valence-corrected chi connectivity index (χ2v) is 4.32. The normalized spacial score (nSPS) is 10.4. The molecule has 0 saturated heterocycles. The van der Waals surface area contributed by atoms with E-state index in [0.717, 1.165) is 11.3 Å². The minimum Gasteiger partial charge on any atom is -0.497 e. The third-order valence-corrected chi connectivity index (χ3v) is 2.90. The van der Waals surface area contributed by atoms with Crippen LogP contribution in [0, 0.1) is 0 Å². The van der Waals surface area contributed by atoms with Gasteiger partial charge >= 0.3 is 5.97 Å². The van der Waals surface area contributed by atoms with Gasteiger partial charge in [0, 0.05) is 0 Å². The fourth-order valence-corrected chi connectivity index (χ4v) is 1.78. The highest BCUT2D eigenvalue weighted by molar-refractivity contribution is 6.04. The quantitative estimate of drug-likeness (QED) is 0.654. The van der Waals surface area contributed by atoms with E-state index in [0.29, 0.717) is 0 Å². The average molecular weight is 298 g/mol. The first-order valence-corrected chi connectivity index (χ1v) is 6.41. The molecule has 112 valence electrons. The van der Waals surface area contributed by atoms with Gasteiger partial charge in [0.15, 0.2) is 0 Å². The largest absolute Gasteiger partial charge is 0.497 e. The number of carbonyl (C=O) groups excluding carboxylic acids is 1. The van der Waals surface area contributed by atoms with Crippen molar-refractivity contribution in [3.8, 4) is 5.75 Å². The van der Waals surface area contributed by atoms with Crippen molar-refractivity contribution in [2.45, 2.75) is 0 Å². The van der Waals surface area contributed by atoms with Crippen molar-refractivity contribution in [3.05, 3.63) is 65.2 Å². The third-order valence-electron chi connectivity index (χ3n) is 2.90. The molecule has 0 unspecified atom stereocenters. The summed E-state index contributed by atoms with van der Waals surface area (Å²) in [6, 6.07) is 13.0. The molecule has 0 atom stereocenters. The number of hydrogen-bond acceptors (Lipinski definition) is 4. The number of nitrogens with one attached hydrogen (secondary N) is 1. The maximum absolute atomic E-state index is 12.0. The van der Waals surface area contributed by atoms with Crippen molar-refractivity contribution in [1.82, 2.24) is 5.43 Å². The molecule has 0 spiro atoms. The Kier molecular flexibility index (Phi) is 4.87. The molecule has 22 heavy (non-hydrogen) atoms. The Morgan fingerprint density at radius 1 is 1.09 bits per heavy atom. The molecule has 0 bridgehead atoms. The van der Waals surface area contributed by atoms with Crippen molar-refractivity contribution in [2.24, 2.45) is 5.10 Å². The Balaban J connectivity index is 2.06. The first kappa shape index (κ1) is 15.2. The van der Waals surface area contributed by atoms with Crippen LogP contribution in [0.2, 0.25) is 0 Å². The monoisotopic (exact) mass is 298 g/mol. The summed E-state index contributed by atoms with van der Waals surface area (Å²) < 4.78 is 5.04. The van der Waals surface area contributed by atoms with Crippen LogP contribution >= 0.6 is 0 Å². The van der Waals surface area contributed by atoms with E-state index in [9.17, 15) is 9.59 Å². The predicted octanol–water partition coefficient (Wildman–Crippen LogP) is 2.16. The summed E-state index contributed by atoms with van der Waals surface area (Å²) in [5, 5.41) is 12.9. The molecule has 2 aromatic rings. The summed E-state index contributed by atoms with van der Waals surface area (Å²) >= 11 is 0. The number of carboxylic acids is 1. The zero-order chi connectivity index (χ0) is 15.9. The van der Waals surface area contributed by atoms with E-state index in [4.69, 9.17) is 9.84 Å². The first-order chi connectivity index (χ1) is 10.6. The minimum absolute atomic E-state index is 0.0573. The predicted molar refractivity (Wildman–Crippen MR) is 81.5 cm³/mol. The van der Waals surface area contributed by atoms with Crippen LogP contribution in [0.4, 0.5) is 0 Å². The molecule has 2 rings (SSSR count).